The smallest absolute Gasteiger partial charge is 0.341 e. The van der Waals surface area contributed by atoms with Crippen molar-refractivity contribution in [3.8, 4) is 0 Å². The number of sulfonamides is 1. The summed E-state index contributed by atoms with van der Waals surface area (Å²) in [4.78, 5) is 29.8. The van der Waals surface area contributed by atoms with E-state index in [2.05, 4.69) is 24.1 Å². The third-order valence-electron chi connectivity index (χ3n) is 6.67. The highest BCUT2D eigenvalue weighted by Gasteiger charge is 2.40. The molecule has 2 aliphatic rings. The minimum atomic E-state index is -3.82. The molecule has 1 saturated heterocycles. The monoisotopic (exact) mass is 519 g/mol. The van der Waals surface area contributed by atoms with Gasteiger partial charge in [-0.25, -0.2) is 13.2 Å². The Labute approximate surface area is 211 Å². The molecule has 3 heterocycles. The van der Waals surface area contributed by atoms with E-state index in [1.165, 1.54) is 15.6 Å². The topological polar surface area (TPSA) is 96.0 Å². The maximum atomic E-state index is 13.4. The fraction of sp³-hybridized carbons (Fsp3) is 0.520. The summed E-state index contributed by atoms with van der Waals surface area (Å²) < 4.78 is 33.2. The SMILES string of the molecule is CCOC(=O)c1c(NC(=O)C2CCCN2S(=O)(=O)c2ccc(C)cc2)sc2c1CCN(C(C)C)C2. The van der Waals surface area contributed by atoms with Gasteiger partial charge in [-0.05, 0) is 64.7 Å². The summed E-state index contributed by atoms with van der Waals surface area (Å²) in [6.45, 7) is 9.97. The van der Waals surface area contributed by atoms with E-state index in [0.29, 0.717) is 42.4 Å². The van der Waals surface area contributed by atoms with Crippen molar-refractivity contribution in [2.45, 2.75) is 70.5 Å². The molecule has 1 N–H and O–H groups in total. The number of hydrogen-bond donors (Lipinski definition) is 1. The van der Waals surface area contributed by atoms with Crippen molar-refractivity contribution in [1.29, 1.82) is 0 Å². The fourth-order valence-electron chi connectivity index (χ4n) is 4.70. The zero-order valence-electron chi connectivity index (χ0n) is 20.7. The number of anilines is 1. The Hall–Kier alpha value is -2.27. The molecule has 1 unspecified atom stereocenters. The van der Waals surface area contributed by atoms with E-state index in [1.54, 1.807) is 31.2 Å². The first-order chi connectivity index (χ1) is 16.6. The first kappa shape index (κ1) is 25.8. The van der Waals surface area contributed by atoms with Gasteiger partial charge in [0.1, 0.15) is 11.0 Å². The predicted molar refractivity (Wildman–Crippen MR) is 136 cm³/mol. The molecule has 4 rings (SSSR count). The third-order valence-corrected chi connectivity index (χ3v) is 9.72. The van der Waals surface area contributed by atoms with Crippen LogP contribution in [0.25, 0.3) is 0 Å². The second-order valence-corrected chi connectivity index (χ2v) is 12.3. The summed E-state index contributed by atoms with van der Waals surface area (Å²) in [6.07, 6.45) is 1.72. The molecule has 1 amide bonds. The van der Waals surface area contributed by atoms with Crippen molar-refractivity contribution in [2.75, 3.05) is 25.0 Å². The summed E-state index contributed by atoms with van der Waals surface area (Å²) in [7, 11) is -3.82. The Morgan fingerprint density at radius 2 is 1.91 bits per heavy atom. The number of esters is 1. The number of ether oxygens (including phenoxy) is 1. The summed E-state index contributed by atoms with van der Waals surface area (Å²) in [6, 6.07) is 6.19. The first-order valence-electron chi connectivity index (χ1n) is 12.1. The lowest BCUT2D eigenvalue weighted by molar-refractivity contribution is -0.119. The first-order valence-corrected chi connectivity index (χ1v) is 14.3. The number of fused-ring (bicyclic) bond motifs is 1. The largest absolute Gasteiger partial charge is 0.462 e. The molecule has 1 aromatic heterocycles. The van der Waals surface area contributed by atoms with Gasteiger partial charge in [-0.15, -0.1) is 11.3 Å². The molecule has 1 aromatic carbocycles. The number of nitrogens with zero attached hydrogens (tertiary/aromatic N) is 2. The quantitative estimate of drug-likeness (QED) is 0.559. The van der Waals surface area contributed by atoms with Crippen molar-refractivity contribution >= 4 is 38.2 Å². The van der Waals surface area contributed by atoms with Crippen molar-refractivity contribution in [1.82, 2.24) is 9.21 Å². The maximum absolute atomic E-state index is 13.4. The number of carbonyl (C=O) groups excluding carboxylic acids is 2. The van der Waals surface area contributed by atoms with Gasteiger partial charge in [0.25, 0.3) is 0 Å². The number of carbonyl (C=O) groups is 2. The number of hydrogen-bond acceptors (Lipinski definition) is 7. The van der Waals surface area contributed by atoms with Gasteiger partial charge >= 0.3 is 5.97 Å². The van der Waals surface area contributed by atoms with Gasteiger partial charge in [0.2, 0.25) is 15.9 Å². The molecule has 10 heteroatoms. The number of nitrogens with one attached hydrogen (secondary N) is 1. The van der Waals surface area contributed by atoms with E-state index < -0.39 is 27.9 Å². The number of benzene rings is 1. The van der Waals surface area contributed by atoms with Crippen LogP contribution < -0.4 is 5.32 Å². The second kappa shape index (κ2) is 10.4. The highest BCUT2D eigenvalue weighted by molar-refractivity contribution is 7.89. The lowest BCUT2D eigenvalue weighted by Gasteiger charge is -2.30. The van der Waals surface area contributed by atoms with Crippen LogP contribution in [0.2, 0.25) is 0 Å². The standard InChI is InChI=1S/C25H33N3O5S2/c1-5-33-25(30)22-19-12-14-27(16(2)3)15-21(19)34-24(22)26-23(29)20-7-6-13-28(20)35(31,32)18-10-8-17(4)9-11-18/h8-11,16,20H,5-7,12-15H2,1-4H3,(H,26,29). The van der Waals surface area contributed by atoms with E-state index in [1.807, 2.05) is 6.92 Å². The number of thiophene rings is 1. The molecule has 0 radical (unpaired) electrons. The lowest BCUT2D eigenvalue weighted by atomic mass is 10.0. The van der Waals surface area contributed by atoms with Crippen LogP contribution in [0.3, 0.4) is 0 Å². The van der Waals surface area contributed by atoms with Crippen molar-refractivity contribution < 1.29 is 22.7 Å². The van der Waals surface area contributed by atoms with Crippen molar-refractivity contribution in [3.05, 3.63) is 45.8 Å². The van der Waals surface area contributed by atoms with E-state index in [4.69, 9.17) is 4.74 Å². The predicted octanol–water partition coefficient (Wildman–Crippen LogP) is 3.79. The average Bonchev–Trinajstić information content (AvgIpc) is 3.44. The summed E-state index contributed by atoms with van der Waals surface area (Å²) in [5, 5.41) is 3.36. The molecule has 0 aliphatic carbocycles. The Balaban J connectivity index is 1.61. The molecule has 0 saturated carbocycles. The van der Waals surface area contributed by atoms with Crippen molar-refractivity contribution in [3.63, 3.8) is 0 Å². The molecule has 190 valence electrons. The number of rotatable bonds is 7. The van der Waals surface area contributed by atoms with Crippen LogP contribution in [0, 0.1) is 6.92 Å². The number of amides is 1. The van der Waals surface area contributed by atoms with Gasteiger partial charge in [-0.1, -0.05) is 17.7 Å². The van der Waals surface area contributed by atoms with Crippen LogP contribution >= 0.6 is 11.3 Å². The fourth-order valence-corrected chi connectivity index (χ4v) is 7.62. The van der Waals surface area contributed by atoms with Gasteiger partial charge in [0, 0.05) is 30.6 Å². The lowest BCUT2D eigenvalue weighted by Crippen LogP contribution is -2.43. The van der Waals surface area contributed by atoms with Gasteiger partial charge in [0.05, 0.1) is 17.1 Å². The van der Waals surface area contributed by atoms with Crippen LogP contribution in [0.4, 0.5) is 5.00 Å². The van der Waals surface area contributed by atoms with E-state index in [0.717, 1.165) is 22.5 Å². The van der Waals surface area contributed by atoms with Crippen LogP contribution in [0.15, 0.2) is 29.2 Å². The van der Waals surface area contributed by atoms with E-state index in [-0.39, 0.29) is 18.0 Å². The van der Waals surface area contributed by atoms with E-state index in [9.17, 15) is 18.0 Å². The highest BCUT2D eigenvalue weighted by Crippen LogP contribution is 2.39. The zero-order chi connectivity index (χ0) is 25.3. The van der Waals surface area contributed by atoms with Gasteiger partial charge in [-0.3, -0.25) is 9.69 Å². The van der Waals surface area contributed by atoms with Crippen molar-refractivity contribution in [2.24, 2.45) is 0 Å². The minimum Gasteiger partial charge on any atom is -0.462 e. The Morgan fingerprint density at radius 1 is 1.20 bits per heavy atom. The second-order valence-electron chi connectivity index (χ2n) is 9.32. The molecular weight excluding hydrogens is 486 g/mol. The minimum absolute atomic E-state index is 0.176. The van der Waals surface area contributed by atoms with Crippen LogP contribution in [0.1, 0.15) is 60.0 Å². The van der Waals surface area contributed by atoms with Gasteiger partial charge < -0.3 is 10.1 Å². The molecule has 1 atom stereocenters. The molecule has 2 aliphatic heterocycles. The Kier molecular flexibility index (Phi) is 7.65. The maximum Gasteiger partial charge on any atom is 0.341 e. The summed E-state index contributed by atoms with van der Waals surface area (Å²) >= 11 is 1.39. The highest BCUT2D eigenvalue weighted by atomic mass is 32.2. The van der Waals surface area contributed by atoms with Crippen LogP contribution in [-0.2, 0) is 32.5 Å². The van der Waals surface area contributed by atoms with Gasteiger partial charge in [-0.2, -0.15) is 4.31 Å². The average molecular weight is 520 g/mol. The van der Waals surface area contributed by atoms with Crippen LogP contribution in [0.5, 0.6) is 0 Å². The molecule has 35 heavy (non-hydrogen) atoms. The molecule has 0 bridgehead atoms. The summed E-state index contributed by atoms with van der Waals surface area (Å²) in [5.74, 6) is -0.864. The molecule has 2 aromatic rings. The van der Waals surface area contributed by atoms with E-state index >= 15 is 0 Å². The summed E-state index contributed by atoms with van der Waals surface area (Å²) in [5.41, 5.74) is 2.30. The normalized spacial score (nSPS) is 19.1. The molecule has 1 fully saturated rings. The number of aryl methyl sites for hydroxylation is 1. The molecule has 0 spiro atoms. The zero-order valence-corrected chi connectivity index (χ0v) is 22.3. The Morgan fingerprint density at radius 3 is 2.57 bits per heavy atom. The molecular formula is C25H33N3O5S2. The van der Waals surface area contributed by atoms with Crippen LogP contribution in [-0.4, -0.2) is 61.3 Å². The van der Waals surface area contributed by atoms with Gasteiger partial charge in [0.15, 0.2) is 0 Å². The third kappa shape index (κ3) is 5.16. The Bertz CT molecular complexity index is 1200. The molecule has 8 nitrogen and oxygen atoms in total.